The molecule has 0 aliphatic rings. The number of hydrogen-bond acceptors (Lipinski definition) is 8. The molecule has 0 radical (unpaired) electrons. The van der Waals surface area contributed by atoms with Crippen LogP contribution in [-0.4, -0.2) is 31.4 Å². The molecule has 0 atom stereocenters. The van der Waals surface area contributed by atoms with E-state index < -0.39 is 15.9 Å². The molecule has 0 fully saturated rings. The van der Waals surface area contributed by atoms with Gasteiger partial charge < -0.3 is 19.2 Å². The molecular weight excluding hydrogens is 508 g/mol. The average molecular weight is 529 g/mol. The van der Waals surface area contributed by atoms with Gasteiger partial charge in [0.2, 0.25) is 5.88 Å². The van der Waals surface area contributed by atoms with Gasteiger partial charge >= 0.3 is 0 Å². The van der Waals surface area contributed by atoms with Crippen LogP contribution in [0.1, 0.15) is 21.9 Å². The van der Waals surface area contributed by atoms with Gasteiger partial charge in [-0.3, -0.25) is 9.52 Å². The average Bonchev–Trinajstić information content (AvgIpc) is 3.35. The standard InChI is InChI=1S/C24H21ClN4O6S/c1-15-11-18(7-9-20(15)25)34-13-19-8-10-21(35-19)24(30)28-16-3-5-17(6-4-16)29-36(31,32)23-12-22(33-2)26-14-27-23/h3-12,14,29H,13H2,1-2H3,(H,28,30). The molecule has 0 spiro atoms. The summed E-state index contributed by atoms with van der Waals surface area (Å²) in [7, 11) is -2.58. The van der Waals surface area contributed by atoms with Crippen LogP contribution in [0.15, 0.2) is 76.4 Å². The summed E-state index contributed by atoms with van der Waals surface area (Å²) >= 11 is 6.02. The molecule has 0 saturated heterocycles. The van der Waals surface area contributed by atoms with Crippen LogP contribution in [0.3, 0.4) is 0 Å². The molecule has 12 heteroatoms. The number of anilines is 2. The first-order chi connectivity index (χ1) is 17.2. The number of aryl methyl sites for hydroxylation is 1. The fourth-order valence-electron chi connectivity index (χ4n) is 3.04. The lowest BCUT2D eigenvalue weighted by atomic mass is 10.2. The summed E-state index contributed by atoms with van der Waals surface area (Å²) < 4.78 is 43.7. The summed E-state index contributed by atoms with van der Waals surface area (Å²) in [6, 6.07) is 15.8. The normalized spacial score (nSPS) is 11.1. The molecule has 0 aliphatic carbocycles. The monoisotopic (exact) mass is 528 g/mol. The fraction of sp³-hybridized carbons (Fsp3) is 0.125. The van der Waals surface area contributed by atoms with Gasteiger partial charge in [-0.1, -0.05) is 11.6 Å². The van der Waals surface area contributed by atoms with Crippen LogP contribution in [0.2, 0.25) is 5.02 Å². The summed E-state index contributed by atoms with van der Waals surface area (Å²) in [5, 5.41) is 3.10. The lowest BCUT2D eigenvalue weighted by Gasteiger charge is -2.09. The molecule has 1 amide bonds. The number of halogens is 1. The van der Waals surface area contributed by atoms with Gasteiger partial charge in [0.25, 0.3) is 15.9 Å². The number of rotatable bonds is 9. The van der Waals surface area contributed by atoms with Crippen LogP contribution >= 0.6 is 11.6 Å². The van der Waals surface area contributed by atoms with Crippen molar-refractivity contribution in [3.8, 4) is 11.6 Å². The highest BCUT2D eigenvalue weighted by molar-refractivity contribution is 7.92. The van der Waals surface area contributed by atoms with Gasteiger partial charge in [0.15, 0.2) is 10.8 Å². The Morgan fingerprint density at radius 1 is 1.03 bits per heavy atom. The smallest absolute Gasteiger partial charge is 0.291 e. The zero-order valence-electron chi connectivity index (χ0n) is 19.2. The summed E-state index contributed by atoms with van der Waals surface area (Å²) in [6.07, 6.45) is 1.09. The Labute approximate surface area is 212 Å². The first-order valence-corrected chi connectivity index (χ1v) is 12.4. The highest BCUT2D eigenvalue weighted by Crippen LogP contribution is 2.23. The summed E-state index contributed by atoms with van der Waals surface area (Å²) in [5.74, 6) is 0.859. The van der Waals surface area contributed by atoms with Crippen LogP contribution in [0.25, 0.3) is 0 Å². The third-order valence-corrected chi connectivity index (χ3v) is 6.59. The summed E-state index contributed by atoms with van der Waals surface area (Å²) in [5.41, 5.74) is 1.61. The van der Waals surface area contributed by atoms with E-state index in [1.807, 2.05) is 13.0 Å². The second-order valence-electron chi connectivity index (χ2n) is 7.50. The van der Waals surface area contributed by atoms with Crippen molar-refractivity contribution in [1.82, 2.24) is 9.97 Å². The van der Waals surface area contributed by atoms with E-state index in [1.54, 1.807) is 36.4 Å². The molecule has 4 aromatic rings. The van der Waals surface area contributed by atoms with E-state index in [2.05, 4.69) is 20.0 Å². The van der Waals surface area contributed by atoms with Crippen LogP contribution in [0.4, 0.5) is 11.4 Å². The maximum atomic E-state index is 12.5. The van der Waals surface area contributed by atoms with E-state index in [-0.39, 0.29) is 29.0 Å². The zero-order valence-corrected chi connectivity index (χ0v) is 20.8. The molecule has 2 aromatic heterocycles. The van der Waals surface area contributed by atoms with Gasteiger partial charge in [-0.15, -0.1) is 0 Å². The van der Waals surface area contributed by atoms with Crippen LogP contribution in [0.5, 0.6) is 11.6 Å². The maximum Gasteiger partial charge on any atom is 0.291 e. The van der Waals surface area contributed by atoms with Crippen molar-refractivity contribution in [1.29, 1.82) is 0 Å². The minimum absolute atomic E-state index is 0.100. The van der Waals surface area contributed by atoms with Crippen molar-refractivity contribution in [2.75, 3.05) is 17.1 Å². The fourth-order valence-corrected chi connectivity index (χ4v) is 4.15. The Bertz CT molecular complexity index is 1490. The number of furan rings is 1. The predicted octanol–water partition coefficient (Wildman–Crippen LogP) is 4.67. The molecule has 186 valence electrons. The molecule has 0 saturated carbocycles. The largest absolute Gasteiger partial charge is 0.486 e. The van der Waals surface area contributed by atoms with Gasteiger partial charge in [-0.05, 0) is 67.1 Å². The number of carbonyl (C=O) groups is 1. The van der Waals surface area contributed by atoms with Crippen LogP contribution in [-0.2, 0) is 16.6 Å². The Morgan fingerprint density at radius 2 is 1.78 bits per heavy atom. The minimum atomic E-state index is -3.95. The lowest BCUT2D eigenvalue weighted by Crippen LogP contribution is -2.15. The molecule has 36 heavy (non-hydrogen) atoms. The first-order valence-electron chi connectivity index (χ1n) is 10.5. The zero-order chi connectivity index (χ0) is 25.7. The van der Waals surface area contributed by atoms with Gasteiger partial charge in [-0.25, -0.2) is 9.97 Å². The van der Waals surface area contributed by atoms with E-state index >= 15 is 0 Å². The second-order valence-corrected chi connectivity index (χ2v) is 9.54. The van der Waals surface area contributed by atoms with Crippen molar-refractivity contribution >= 4 is 38.9 Å². The lowest BCUT2D eigenvalue weighted by molar-refractivity contribution is 0.0992. The number of amides is 1. The third kappa shape index (κ3) is 6.12. The molecule has 0 bridgehead atoms. The van der Waals surface area contributed by atoms with E-state index in [4.69, 9.17) is 25.5 Å². The Morgan fingerprint density at radius 3 is 2.50 bits per heavy atom. The number of benzene rings is 2. The van der Waals surface area contributed by atoms with Crippen molar-refractivity contribution in [2.45, 2.75) is 18.6 Å². The molecule has 0 aliphatic heterocycles. The van der Waals surface area contributed by atoms with Crippen molar-refractivity contribution < 1.29 is 27.1 Å². The van der Waals surface area contributed by atoms with Gasteiger partial charge in [-0.2, -0.15) is 8.42 Å². The molecule has 4 rings (SSSR count). The van der Waals surface area contributed by atoms with E-state index in [1.165, 1.54) is 25.3 Å². The van der Waals surface area contributed by atoms with Gasteiger partial charge in [0.05, 0.1) is 7.11 Å². The minimum Gasteiger partial charge on any atom is -0.486 e. The van der Waals surface area contributed by atoms with Crippen molar-refractivity contribution in [2.24, 2.45) is 0 Å². The predicted molar refractivity (Wildman–Crippen MR) is 133 cm³/mol. The molecule has 2 heterocycles. The van der Waals surface area contributed by atoms with Gasteiger partial charge in [0.1, 0.15) is 24.4 Å². The third-order valence-electron chi connectivity index (χ3n) is 4.89. The molecule has 0 unspecified atom stereocenters. The number of hydrogen-bond donors (Lipinski definition) is 2. The van der Waals surface area contributed by atoms with Crippen LogP contribution in [0, 0.1) is 6.92 Å². The molecule has 10 nitrogen and oxygen atoms in total. The van der Waals surface area contributed by atoms with E-state index in [0.717, 1.165) is 11.9 Å². The highest BCUT2D eigenvalue weighted by Gasteiger charge is 2.18. The number of nitrogens with one attached hydrogen (secondary N) is 2. The van der Waals surface area contributed by atoms with E-state index in [9.17, 15) is 13.2 Å². The number of methoxy groups -OCH3 is 1. The second kappa shape index (κ2) is 10.7. The highest BCUT2D eigenvalue weighted by atomic mass is 35.5. The maximum absolute atomic E-state index is 12.5. The summed E-state index contributed by atoms with van der Waals surface area (Å²) in [4.78, 5) is 20.1. The molecular formula is C24H21ClN4O6S. The molecule has 2 N–H and O–H groups in total. The number of ether oxygens (including phenoxy) is 2. The number of aromatic nitrogens is 2. The Kier molecular flexibility index (Phi) is 7.41. The van der Waals surface area contributed by atoms with Gasteiger partial charge in [0, 0.05) is 22.5 Å². The summed E-state index contributed by atoms with van der Waals surface area (Å²) in [6.45, 7) is 2.02. The number of sulfonamides is 1. The first kappa shape index (κ1) is 25.0. The van der Waals surface area contributed by atoms with Crippen molar-refractivity contribution in [3.05, 3.63) is 89.1 Å². The van der Waals surface area contributed by atoms with Crippen molar-refractivity contribution in [3.63, 3.8) is 0 Å². The SMILES string of the molecule is COc1cc(S(=O)(=O)Nc2ccc(NC(=O)c3ccc(COc4ccc(Cl)c(C)c4)o3)cc2)ncn1. The topological polar surface area (TPSA) is 133 Å². The quantitative estimate of drug-likeness (QED) is 0.299. The number of carbonyl (C=O) groups excluding carboxylic acids is 1. The Balaban J connectivity index is 1.34. The molecule has 2 aromatic carbocycles. The van der Waals surface area contributed by atoms with E-state index in [0.29, 0.717) is 22.2 Å². The Hall–Kier alpha value is -4.09. The number of nitrogens with zero attached hydrogens (tertiary/aromatic N) is 2. The van der Waals surface area contributed by atoms with Crippen LogP contribution < -0.4 is 19.5 Å².